The van der Waals surface area contributed by atoms with E-state index in [1.165, 1.54) is 19.2 Å². The van der Waals surface area contributed by atoms with Gasteiger partial charge < -0.3 is 19.5 Å². The second-order valence-electron chi connectivity index (χ2n) is 5.65. The normalized spacial score (nSPS) is 10.4. The number of esters is 1. The summed E-state index contributed by atoms with van der Waals surface area (Å²) in [5, 5.41) is 13.4. The topological polar surface area (TPSA) is 117 Å². The summed E-state index contributed by atoms with van der Waals surface area (Å²) < 4.78 is 38.6. The highest BCUT2D eigenvalue weighted by Gasteiger charge is 2.18. The van der Waals surface area contributed by atoms with E-state index >= 15 is 0 Å². The van der Waals surface area contributed by atoms with Gasteiger partial charge in [0.2, 0.25) is 0 Å². The molecule has 0 heterocycles. The van der Waals surface area contributed by atoms with Crippen molar-refractivity contribution < 1.29 is 37.5 Å². The first-order chi connectivity index (χ1) is 13.7. The Balaban J connectivity index is 2.02. The number of carbonyl (C=O) groups excluding carboxylic acids is 2. The number of nitrogens with zero attached hydrogens (tertiary/aromatic N) is 1. The Morgan fingerprint density at radius 2 is 1.90 bits per heavy atom. The summed E-state index contributed by atoms with van der Waals surface area (Å²) >= 11 is 0. The van der Waals surface area contributed by atoms with Crippen molar-refractivity contribution in [1.29, 1.82) is 0 Å². The number of alkyl halides is 2. The quantitative estimate of drug-likeness (QED) is 0.403. The molecule has 0 saturated carbocycles. The van der Waals surface area contributed by atoms with Crippen LogP contribution in [0.4, 0.5) is 20.2 Å². The van der Waals surface area contributed by atoms with E-state index in [4.69, 9.17) is 9.47 Å². The minimum Gasteiger partial charge on any atom is -0.493 e. The number of hydrogen-bond donors (Lipinski definition) is 1. The molecule has 29 heavy (non-hydrogen) atoms. The molecule has 1 amide bonds. The summed E-state index contributed by atoms with van der Waals surface area (Å²) in [6.45, 7) is -2.13. The lowest BCUT2D eigenvalue weighted by atomic mass is 10.2. The number of amides is 1. The fourth-order valence-electron chi connectivity index (χ4n) is 2.29. The first-order valence-electron chi connectivity index (χ1n) is 8.06. The standard InChI is InChI=1S/C18H16F2N2O7/c1-10-3-5-12(13(7-10)22(25)26)21-16(23)9-28-17(24)11-4-6-14(29-18(19)20)15(8-11)27-2/h3-8,18H,9H2,1-2H3,(H,21,23). The minimum absolute atomic E-state index is 0.0446. The molecule has 2 aromatic carbocycles. The average Bonchev–Trinajstić information content (AvgIpc) is 2.67. The summed E-state index contributed by atoms with van der Waals surface area (Å²) in [4.78, 5) is 34.4. The van der Waals surface area contributed by atoms with Crippen molar-refractivity contribution >= 4 is 23.3 Å². The number of benzene rings is 2. The number of methoxy groups -OCH3 is 1. The largest absolute Gasteiger partial charge is 0.493 e. The molecule has 2 rings (SSSR count). The number of ether oxygens (including phenoxy) is 3. The molecule has 0 fully saturated rings. The number of rotatable bonds is 8. The number of nitrogens with one attached hydrogen (secondary N) is 1. The van der Waals surface area contributed by atoms with Gasteiger partial charge in [0.25, 0.3) is 11.6 Å². The van der Waals surface area contributed by atoms with Crippen LogP contribution >= 0.6 is 0 Å². The fourth-order valence-corrected chi connectivity index (χ4v) is 2.29. The van der Waals surface area contributed by atoms with Crippen molar-refractivity contribution in [1.82, 2.24) is 0 Å². The molecular formula is C18H16F2N2O7. The smallest absolute Gasteiger partial charge is 0.387 e. The second-order valence-corrected chi connectivity index (χ2v) is 5.65. The third kappa shape index (κ3) is 5.86. The number of carbonyl (C=O) groups is 2. The van der Waals surface area contributed by atoms with Crippen molar-refractivity contribution in [2.75, 3.05) is 19.0 Å². The summed E-state index contributed by atoms with van der Waals surface area (Å²) in [5.41, 5.74) is 0.216. The van der Waals surface area contributed by atoms with Gasteiger partial charge >= 0.3 is 12.6 Å². The maximum Gasteiger partial charge on any atom is 0.387 e. The molecule has 0 atom stereocenters. The van der Waals surface area contributed by atoms with Crippen LogP contribution in [0.3, 0.4) is 0 Å². The fraction of sp³-hybridized carbons (Fsp3) is 0.222. The highest BCUT2D eigenvalue weighted by atomic mass is 19.3. The molecule has 0 aliphatic carbocycles. The van der Waals surface area contributed by atoms with E-state index in [2.05, 4.69) is 10.1 Å². The van der Waals surface area contributed by atoms with Crippen LogP contribution in [0.15, 0.2) is 36.4 Å². The van der Waals surface area contributed by atoms with Crippen molar-refractivity contribution in [2.45, 2.75) is 13.5 Å². The van der Waals surface area contributed by atoms with Gasteiger partial charge in [0, 0.05) is 6.07 Å². The van der Waals surface area contributed by atoms with Gasteiger partial charge in [-0.2, -0.15) is 8.78 Å². The Kier molecular flexibility index (Phi) is 7.01. The minimum atomic E-state index is -3.07. The first kappa shape index (κ1) is 21.5. The maximum absolute atomic E-state index is 12.3. The number of halogens is 2. The van der Waals surface area contributed by atoms with E-state index < -0.39 is 30.0 Å². The molecule has 2 aromatic rings. The average molecular weight is 410 g/mol. The molecule has 0 aromatic heterocycles. The van der Waals surface area contributed by atoms with E-state index in [-0.39, 0.29) is 28.4 Å². The predicted octanol–water partition coefficient (Wildman–Crippen LogP) is 3.31. The van der Waals surface area contributed by atoms with Crippen LogP contribution in [-0.2, 0) is 9.53 Å². The summed E-state index contributed by atoms with van der Waals surface area (Å²) in [6, 6.07) is 7.59. The lowest BCUT2D eigenvalue weighted by Crippen LogP contribution is -2.21. The molecule has 154 valence electrons. The molecule has 1 N–H and O–H groups in total. The van der Waals surface area contributed by atoms with Crippen LogP contribution in [0.2, 0.25) is 0 Å². The molecule has 0 unspecified atom stereocenters. The van der Waals surface area contributed by atoms with Crippen molar-refractivity contribution in [3.8, 4) is 11.5 Å². The van der Waals surface area contributed by atoms with Crippen LogP contribution in [0.5, 0.6) is 11.5 Å². The van der Waals surface area contributed by atoms with Gasteiger partial charge in [0.15, 0.2) is 18.1 Å². The lowest BCUT2D eigenvalue weighted by Gasteiger charge is -2.11. The van der Waals surface area contributed by atoms with E-state index in [9.17, 15) is 28.5 Å². The van der Waals surface area contributed by atoms with Crippen LogP contribution < -0.4 is 14.8 Å². The monoisotopic (exact) mass is 410 g/mol. The molecule has 0 radical (unpaired) electrons. The first-order valence-corrected chi connectivity index (χ1v) is 8.06. The summed E-state index contributed by atoms with van der Waals surface area (Å²) in [6.07, 6.45) is 0. The van der Waals surface area contributed by atoms with Gasteiger partial charge in [0.1, 0.15) is 5.69 Å². The van der Waals surface area contributed by atoms with Gasteiger partial charge in [0.05, 0.1) is 17.6 Å². The highest BCUT2D eigenvalue weighted by molar-refractivity contribution is 5.97. The van der Waals surface area contributed by atoms with Crippen molar-refractivity contribution in [3.05, 3.63) is 57.6 Å². The molecule has 11 heteroatoms. The highest BCUT2D eigenvalue weighted by Crippen LogP contribution is 2.30. The van der Waals surface area contributed by atoms with Crippen LogP contribution in [0.25, 0.3) is 0 Å². The number of nitro benzene ring substituents is 1. The number of nitro groups is 1. The summed E-state index contributed by atoms with van der Waals surface area (Å²) in [7, 11) is 1.20. The molecule has 0 bridgehead atoms. The van der Waals surface area contributed by atoms with Gasteiger partial charge in [-0.3, -0.25) is 14.9 Å². The van der Waals surface area contributed by atoms with E-state index in [0.29, 0.717) is 5.56 Å². The number of hydrogen-bond acceptors (Lipinski definition) is 7. The van der Waals surface area contributed by atoms with E-state index in [1.54, 1.807) is 13.0 Å². The molecule has 0 saturated heterocycles. The Morgan fingerprint density at radius 1 is 1.17 bits per heavy atom. The second kappa shape index (κ2) is 9.44. The Hall–Kier alpha value is -3.76. The maximum atomic E-state index is 12.3. The zero-order chi connectivity index (χ0) is 21.6. The molecule has 9 nitrogen and oxygen atoms in total. The molecule has 0 spiro atoms. The van der Waals surface area contributed by atoms with E-state index in [1.807, 2.05) is 0 Å². The van der Waals surface area contributed by atoms with Gasteiger partial charge in [-0.15, -0.1) is 0 Å². The van der Waals surface area contributed by atoms with Gasteiger partial charge in [-0.25, -0.2) is 4.79 Å². The Morgan fingerprint density at radius 3 is 2.52 bits per heavy atom. The van der Waals surface area contributed by atoms with Gasteiger partial charge in [-0.05, 0) is 36.8 Å². The van der Waals surface area contributed by atoms with Crippen LogP contribution in [0, 0.1) is 17.0 Å². The Bertz CT molecular complexity index is 934. The van der Waals surface area contributed by atoms with Crippen LogP contribution in [-0.4, -0.2) is 37.1 Å². The third-order valence-corrected chi connectivity index (χ3v) is 3.57. The number of aryl methyl sites for hydroxylation is 1. The van der Waals surface area contributed by atoms with Crippen LogP contribution in [0.1, 0.15) is 15.9 Å². The Labute approximate surface area is 163 Å². The third-order valence-electron chi connectivity index (χ3n) is 3.57. The molecule has 0 aliphatic rings. The zero-order valence-corrected chi connectivity index (χ0v) is 15.3. The zero-order valence-electron chi connectivity index (χ0n) is 15.3. The number of anilines is 1. The molecule has 0 aliphatic heterocycles. The SMILES string of the molecule is COc1cc(C(=O)OCC(=O)Nc2ccc(C)cc2[N+](=O)[O-])ccc1OC(F)F. The van der Waals surface area contributed by atoms with Crippen molar-refractivity contribution in [2.24, 2.45) is 0 Å². The van der Waals surface area contributed by atoms with Gasteiger partial charge in [-0.1, -0.05) is 6.07 Å². The molecular weight excluding hydrogens is 394 g/mol. The van der Waals surface area contributed by atoms with E-state index in [0.717, 1.165) is 18.2 Å². The predicted molar refractivity (Wildman–Crippen MR) is 96.4 cm³/mol. The van der Waals surface area contributed by atoms with Crippen molar-refractivity contribution in [3.63, 3.8) is 0 Å². The lowest BCUT2D eigenvalue weighted by molar-refractivity contribution is -0.384. The summed E-state index contributed by atoms with van der Waals surface area (Å²) in [5.74, 6) is -2.13.